The van der Waals surface area contributed by atoms with Crippen molar-refractivity contribution in [3.8, 4) is 0 Å². The normalized spacial score (nSPS) is 10.0. The molecule has 1 aromatic heterocycles. The molecule has 0 amide bonds. The number of aryl methyl sites for hydroxylation is 2. The molecule has 0 saturated heterocycles. The molecule has 0 spiro atoms. The molecule has 0 fully saturated rings. The van der Waals surface area contributed by atoms with Crippen molar-refractivity contribution in [1.82, 2.24) is 0 Å². The second-order valence-electron chi connectivity index (χ2n) is 1.94. The van der Waals surface area contributed by atoms with Crippen LogP contribution in [0.1, 0.15) is 18.9 Å². The Morgan fingerprint density at radius 3 is 2.78 bits per heavy atom. The highest BCUT2D eigenvalue weighted by atomic mass is 32.1. The predicted octanol–water partition coefficient (Wildman–Crippen LogP) is 1.62. The van der Waals surface area contributed by atoms with Crippen molar-refractivity contribution in [2.24, 2.45) is 0 Å². The van der Waals surface area contributed by atoms with Crippen molar-refractivity contribution in [2.75, 3.05) is 0 Å². The molecule has 9 heavy (non-hydrogen) atoms. The van der Waals surface area contributed by atoms with Gasteiger partial charge < -0.3 is 0 Å². The first kappa shape index (κ1) is 6.75. The Bertz CT molecular complexity index is 162. The van der Waals surface area contributed by atoms with Crippen LogP contribution in [-0.2, 0) is 13.0 Å². The zero-order valence-electron chi connectivity index (χ0n) is 5.92. The first-order valence-corrected chi connectivity index (χ1v) is 4.22. The van der Waals surface area contributed by atoms with Crippen molar-refractivity contribution < 1.29 is 4.57 Å². The molecule has 0 bridgehead atoms. The largest absolute Gasteiger partial charge is 0.236 e. The summed E-state index contributed by atoms with van der Waals surface area (Å²) in [5, 5.41) is 3.61. The topological polar surface area (TPSA) is 3.88 Å². The quantitative estimate of drug-likeness (QED) is 0.552. The predicted molar refractivity (Wildman–Crippen MR) is 39.6 cm³/mol. The van der Waals surface area contributed by atoms with Gasteiger partial charge in [0.1, 0.15) is 6.54 Å². The van der Waals surface area contributed by atoms with Crippen LogP contribution in [0.4, 0.5) is 0 Å². The fourth-order valence-electron chi connectivity index (χ4n) is 0.901. The standard InChI is InChI=1S/C7H12NS/c1-3-7-8(4-2)5-6-9-7/h5-6H,3-4H2,1-2H3/q+1. The van der Waals surface area contributed by atoms with Crippen LogP contribution in [0.15, 0.2) is 11.6 Å². The average Bonchev–Trinajstić information content (AvgIpc) is 2.33. The van der Waals surface area contributed by atoms with Crippen LogP contribution in [0.5, 0.6) is 0 Å². The van der Waals surface area contributed by atoms with Crippen LogP contribution in [-0.4, -0.2) is 0 Å². The summed E-state index contributed by atoms with van der Waals surface area (Å²) in [5.41, 5.74) is 0. The van der Waals surface area contributed by atoms with Crippen LogP contribution >= 0.6 is 11.3 Å². The van der Waals surface area contributed by atoms with E-state index in [0.717, 1.165) is 13.0 Å². The summed E-state index contributed by atoms with van der Waals surface area (Å²) in [6, 6.07) is 0. The molecule has 0 aromatic carbocycles. The summed E-state index contributed by atoms with van der Waals surface area (Å²) < 4.78 is 2.28. The van der Waals surface area contributed by atoms with Gasteiger partial charge in [-0.1, -0.05) is 18.3 Å². The van der Waals surface area contributed by atoms with Crippen molar-refractivity contribution in [1.29, 1.82) is 0 Å². The van der Waals surface area contributed by atoms with Crippen molar-refractivity contribution in [3.63, 3.8) is 0 Å². The summed E-state index contributed by atoms with van der Waals surface area (Å²) in [6.45, 7) is 5.47. The van der Waals surface area contributed by atoms with E-state index in [1.54, 1.807) is 0 Å². The zero-order chi connectivity index (χ0) is 6.69. The summed E-state index contributed by atoms with van der Waals surface area (Å²) >= 11 is 1.84. The highest BCUT2D eigenvalue weighted by molar-refractivity contribution is 7.09. The molecule has 0 aliphatic heterocycles. The number of rotatable bonds is 2. The van der Waals surface area contributed by atoms with E-state index in [1.807, 2.05) is 11.3 Å². The third-order valence-electron chi connectivity index (χ3n) is 1.41. The van der Waals surface area contributed by atoms with Crippen LogP contribution in [0.2, 0.25) is 0 Å². The molecule has 0 aliphatic rings. The SMILES string of the molecule is CCc1scc[n+]1CC. The van der Waals surface area contributed by atoms with E-state index in [1.165, 1.54) is 5.01 Å². The van der Waals surface area contributed by atoms with Gasteiger partial charge in [0, 0.05) is 6.42 Å². The van der Waals surface area contributed by atoms with Gasteiger partial charge in [-0.2, -0.15) is 4.57 Å². The molecule has 1 aromatic rings. The van der Waals surface area contributed by atoms with Crippen LogP contribution in [0.3, 0.4) is 0 Å². The van der Waals surface area contributed by atoms with Crippen LogP contribution < -0.4 is 4.57 Å². The molecule has 0 atom stereocenters. The van der Waals surface area contributed by atoms with E-state index in [-0.39, 0.29) is 0 Å². The number of thiazole rings is 1. The van der Waals surface area contributed by atoms with Gasteiger partial charge in [0.15, 0.2) is 6.20 Å². The second-order valence-corrected chi connectivity index (χ2v) is 2.92. The van der Waals surface area contributed by atoms with Gasteiger partial charge in [-0.25, -0.2) is 0 Å². The smallest absolute Gasteiger partial charge is 0.193 e. The molecule has 0 aliphatic carbocycles. The molecule has 1 nitrogen and oxygen atoms in total. The molecule has 0 unspecified atom stereocenters. The molecular weight excluding hydrogens is 130 g/mol. The molecular formula is C7H12NS+. The monoisotopic (exact) mass is 142 g/mol. The lowest BCUT2D eigenvalue weighted by molar-refractivity contribution is -0.695. The highest BCUT2D eigenvalue weighted by Crippen LogP contribution is 2.01. The zero-order valence-corrected chi connectivity index (χ0v) is 6.74. The first-order valence-electron chi connectivity index (χ1n) is 3.34. The van der Waals surface area contributed by atoms with Crippen LogP contribution in [0.25, 0.3) is 0 Å². The fourth-order valence-corrected chi connectivity index (χ4v) is 1.76. The second kappa shape index (κ2) is 2.97. The van der Waals surface area contributed by atoms with Crippen LogP contribution in [0, 0.1) is 0 Å². The van der Waals surface area contributed by atoms with Gasteiger partial charge in [0.2, 0.25) is 5.01 Å². The number of hydrogen-bond acceptors (Lipinski definition) is 1. The van der Waals surface area contributed by atoms with E-state index >= 15 is 0 Å². The summed E-state index contributed by atoms with van der Waals surface area (Å²) in [6.07, 6.45) is 3.30. The minimum absolute atomic E-state index is 1.10. The number of nitrogens with zero attached hydrogens (tertiary/aromatic N) is 1. The minimum atomic E-state index is 1.10. The van der Waals surface area contributed by atoms with E-state index < -0.39 is 0 Å². The Balaban J connectivity index is 2.85. The third kappa shape index (κ3) is 1.30. The Kier molecular flexibility index (Phi) is 2.22. The fraction of sp³-hybridized carbons (Fsp3) is 0.571. The van der Waals surface area contributed by atoms with E-state index in [0.29, 0.717) is 0 Å². The minimum Gasteiger partial charge on any atom is -0.193 e. The Morgan fingerprint density at radius 1 is 1.56 bits per heavy atom. The molecule has 2 heteroatoms. The maximum absolute atomic E-state index is 2.28. The van der Waals surface area contributed by atoms with Crippen molar-refractivity contribution in [2.45, 2.75) is 26.8 Å². The van der Waals surface area contributed by atoms with Gasteiger partial charge in [0.05, 0.1) is 5.38 Å². The summed E-state index contributed by atoms with van der Waals surface area (Å²) in [5.74, 6) is 0. The van der Waals surface area contributed by atoms with E-state index in [2.05, 4.69) is 30.0 Å². The Morgan fingerprint density at radius 2 is 2.33 bits per heavy atom. The Hall–Kier alpha value is -0.370. The third-order valence-corrected chi connectivity index (χ3v) is 2.46. The molecule has 1 rings (SSSR count). The molecule has 0 N–H and O–H groups in total. The average molecular weight is 142 g/mol. The lowest BCUT2D eigenvalue weighted by Crippen LogP contribution is -2.33. The number of hydrogen-bond donors (Lipinski definition) is 0. The van der Waals surface area contributed by atoms with Gasteiger partial charge in [-0.15, -0.1) is 0 Å². The lowest BCUT2D eigenvalue weighted by Gasteiger charge is -1.87. The van der Waals surface area contributed by atoms with Crippen molar-refractivity contribution in [3.05, 3.63) is 16.6 Å². The van der Waals surface area contributed by atoms with Crippen molar-refractivity contribution >= 4 is 11.3 Å². The first-order chi connectivity index (χ1) is 4.38. The highest BCUT2D eigenvalue weighted by Gasteiger charge is 2.05. The molecule has 0 saturated carbocycles. The van der Waals surface area contributed by atoms with Gasteiger partial charge >= 0.3 is 0 Å². The molecule has 0 radical (unpaired) electrons. The lowest BCUT2D eigenvalue weighted by atomic mass is 10.5. The van der Waals surface area contributed by atoms with Gasteiger partial charge in [0.25, 0.3) is 0 Å². The van der Waals surface area contributed by atoms with E-state index in [9.17, 15) is 0 Å². The molecule has 1 heterocycles. The maximum Gasteiger partial charge on any atom is 0.236 e. The van der Waals surface area contributed by atoms with Gasteiger partial charge in [-0.05, 0) is 6.92 Å². The Labute approximate surface area is 60.0 Å². The van der Waals surface area contributed by atoms with E-state index in [4.69, 9.17) is 0 Å². The maximum atomic E-state index is 2.28. The molecule has 50 valence electrons. The van der Waals surface area contributed by atoms with Gasteiger partial charge in [-0.3, -0.25) is 0 Å². The summed E-state index contributed by atoms with van der Waals surface area (Å²) in [7, 11) is 0. The summed E-state index contributed by atoms with van der Waals surface area (Å²) in [4.78, 5) is 0. The number of aromatic nitrogens is 1.